The number of hydrogen-bond acceptors (Lipinski definition) is 4. The third-order valence-electron chi connectivity index (χ3n) is 2.95. The van der Waals surface area contributed by atoms with Crippen LogP contribution in [0.2, 0.25) is 0 Å². The number of nitrogens with one attached hydrogen (secondary N) is 1. The second-order valence-electron chi connectivity index (χ2n) is 4.23. The predicted octanol–water partition coefficient (Wildman–Crippen LogP) is 1.20. The Labute approximate surface area is 107 Å². The lowest BCUT2D eigenvalue weighted by atomic mass is 10.0. The molecule has 0 aromatic heterocycles. The molecule has 5 N–H and O–H groups in total. The third kappa shape index (κ3) is 3.63. The smallest absolute Gasteiger partial charge is 0.258 e. The number of benzene rings is 1. The number of phenols is 2. The predicted molar refractivity (Wildman–Crippen MR) is 69.6 cm³/mol. The van der Waals surface area contributed by atoms with Gasteiger partial charge >= 0.3 is 0 Å². The maximum Gasteiger partial charge on any atom is 0.258 e. The zero-order valence-electron chi connectivity index (χ0n) is 10.5. The summed E-state index contributed by atoms with van der Waals surface area (Å²) in [5.74, 6) is -0.605. The van der Waals surface area contributed by atoms with Crippen molar-refractivity contribution in [2.75, 3.05) is 13.1 Å². The van der Waals surface area contributed by atoms with E-state index in [-0.39, 0.29) is 17.1 Å². The molecule has 0 radical (unpaired) electrons. The van der Waals surface area contributed by atoms with Crippen molar-refractivity contribution >= 4 is 5.91 Å². The topological polar surface area (TPSA) is 95.6 Å². The molecule has 0 spiro atoms. The van der Waals surface area contributed by atoms with Gasteiger partial charge in [0.15, 0.2) is 0 Å². The van der Waals surface area contributed by atoms with Crippen LogP contribution in [-0.4, -0.2) is 29.2 Å². The SMILES string of the molecule is CCC(CCN)CNC(=O)c1c(O)cccc1O. The van der Waals surface area contributed by atoms with Crippen LogP contribution >= 0.6 is 0 Å². The maximum absolute atomic E-state index is 11.8. The highest BCUT2D eigenvalue weighted by Gasteiger charge is 2.16. The van der Waals surface area contributed by atoms with Crippen LogP contribution in [0, 0.1) is 5.92 Å². The number of nitrogens with two attached hydrogens (primary N) is 1. The van der Waals surface area contributed by atoms with E-state index in [1.165, 1.54) is 18.2 Å². The quantitative estimate of drug-likeness (QED) is 0.612. The Bertz CT molecular complexity index is 387. The van der Waals surface area contributed by atoms with Gasteiger partial charge in [-0.15, -0.1) is 0 Å². The van der Waals surface area contributed by atoms with E-state index in [9.17, 15) is 15.0 Å². The first-order valence-corrected chi connectivity index (χ1v) is 6.09. The van der Waals surface area contributed by atoms with Crippen molar-refractivity contribution < 1.29 is 15.0 Å². The van der Waals surface area contributed by atoms with Crippen molar-refractivity contribution in [3.8, 4) is 11.5 Å². The molecular formula is C13H20N2O3. The third-order valence-corrected chi connectivity index (χ3v) is 2.95. The second kappa shape index (κ2) is 6.86. The Balaban J connectivity index is 2.65. The highest BCUT2D eigenvalue weighted by molar-refractivity contribution is 5.99. The molecule has 0 saturated heterocycles. The Morgan fingerprint density at radius 2 is 2.00 bits per heavy atom. The van der Waals surface area contributed by atoms with Gasteiger partial charge in [-0.1, -0.05) is 19.4 Å². The van der Waals surface area contributed by atoms with Gasteiger partial charge in [0.1, 0.15) is 17.1 Å². The standard InChI is InChI=1S/C13H20N2O3/c1-2-9(6-7-14)8-15-13(18)12-10(16)4-3-5-11(12)17/h3-5,9,16-17H,2,6-8,14H2,1H3,(H,15,18). The van der Waals surface area contributed by atoms with Crippen molar-refractivity contribution in [2.24, 2.45) is 11.7 Å². The summed E-state index contributed by atoms with van der Waals surface area (Å²) >= 11 is 0. The Kier molecular flexibility index (Phi) is 5.45. The lowest BCUT2D eigenvalue weighted by Gasteiger charge is -2.15. The summed E-state index contributed by atoms with van der Waals surface area (Å²) in [7, 11) is 0. The molecule has 1 rings (SSSR count). The van der Waals surface area contributed by atoms with Crippen molar-refractivity contribution in [1.29, 1.82) is 0 Å². The molecule has 1 atom stereocenters. The summed E-state index contributed by atoms with van der Waals surface area (Å²) in [5.41, 5.74) is 5.39. The lowest BCUT2D eigenvalue weighted by Crippen LogP contribution is -2.30. The Morgan fingerprint density at radius 3 is 2.50 bits per heavy atom. The van der Waals surface area contributed by atoms with Gasteiger partial charge in [-0.05, 0) is 31.0 Å². The van der Waals surface area contributed by atoms with Gasteiger partial charge in [-0.25, -0.2) is 0 Å². The molecule has 0 saturated carbocycles. The first-order chi connectivity index (χ1) is 8.60. The molecule has 18 heavy (non-hydrogen) atoms. The van der Waals surface area contributed by atoms with E-state index >= 15 is 0 Å². The summed E-state index contributed by atoms with van der Waals surface area (Å²) < 4.78 is 0. The van der Waals surface area contributed by atoms with Crippen LogP contribution < -0.4 is 11.1 Å². The molecule has 0 aliphatic heterocycles. The fourth-order valence-electron chi connectivity index (χ4n) is 1.77. The van der Waals surface area contributed by atoms with E-state index in [2.05, 4.69) is 5.32 Å². The minimum absolute atomic E-state index is 0.0832. The van der Waals surface area contributed by atoms with E-state index < -0.39 is 5.91 Å². The van der Waals surface area contributed by atoms with Gasteiger partial charge in [-0.2, -0.15) is 0 Å². The fourth-order valence-corrected chi connectivity index (χ4v) is 1.77. The molecule has 1 unspecified atom stereocenters. The number of rotatable bonds is 6. The van der Waals surface area contributed by atoms with E-state index in [4.69, 9.17) is 5.73 Å². The van der Waals surface area contributed by atoms with Gasteiger partial charge in [0.2, 0.25) is 0 Å². The molecular weight excluding hydrogens is 232 g/mol. The van der Waals surface area contributed by atoms with Crippen LogP contribution in [0.5, 0.6) is 11.5 Å². The second-order valence-corrected chi connectivity index (χ2v) is 4.23. The minimum atomic E-state index is -0.471. The normalized spacial score (nSPS) is 12.1. The Morgan fingerprint density at radius 1 is 1.39 bits per heavy atom. The fraction of sp³-hybridized carbons (Fsp3) is 0.462. The summed E-state index contributed by atoms with van der Waals surface area (Å²) in [6, 6.07) is 4.21. The molecule has 1 amide bonds. The zero-order valence-corrected chi connectivity index (χ0v) is 10.5. The molecule has 0 heterocycles. The molecule has 1 aromatic rings. The highest BCUT2D eigenvalue weighted by Crippen LogP contribution is 2.25. The van der Waals surface area contributed by atoms with Crippen LogP contribution in [0.4, 0.5) is 0 Å². The maximum atomic E-state index is 11.8. The number of phenolic OH excluding ortho intramolecular Hbond substituents is 2. The number of aromatic hydroxyl groups is 2. The largest absolute Gasteiger partial charge is 0.507 e. The highest BCUT2D eigenvalue weighted by atomic mass is 16.3. The van der Waals surface area contributed by atoms with E-state index in [1.54, 1.807) is 0 Å². The Hall–Kier alpha value is -1.75. The van der Waals surface area contributed by atoms with Crippen LogP contribution in [0.25, 0.3) is 0 Å². The molecule has 5 heteroatoms. The van der Waals surface area contributed by atoms with E-state index in [0.29, 0.717) is 19.0 Å². The van der Waals surface area contributed by atoms with Crippen molar-refractivity contribution in [3.05, 3.63) is 23.8 Å². The van der Waals surface area contributed by atoms with E-state index in [0.717, 1.165) is 12.8 Å². The molecule has 1 aromatic carbocycles. The first-order valence-electron chi connectivity index (χ1n) is 6.09. The molecule has 0 fully saturated rings. The number of carbonyl (C=O) groups is 1. The van der Waals surface area contributed by atoms with Crippen LogP contribution in [0.3, 0.4) is 0 Å². The number of carbonyl (C=O) groups excluding carboxylic acids is 1. The summed E-state index contributed by atoms with van der Waals surface area (Å²) in [5, 5.41) is 21.8. The van der Waals surface area contributed by atoms with Gasteiger partial charge in [0, 0.05) is 6.54 Å². The van der Waals surface area contributed by atoms with Gasteiger partial charge in [0.05, 0.1) is 0 Å². The molecule has 0 bridgehead atoms. The monoisotopic (exact) mass is 252 g/mol. The van der Waals surface area contributed by atoms with Crippen LogP contribution in [0.1, 0.15) is 30.1 Å². The van der Waals surface area contributed by atoms with Gasteiger partial charge in [0.25, 0.3) is 5.91 Å². The average Bonchev–Trinajstić information content (AvgIpc) is 2.34. The number of amides is 1. The van der Waals surface area contributed by atoms with Crippen LogP contribution in [0.15, 0.2) is 18.2 Å². The lowest BCUT2D eigenvalue weighted by molar-refractivity contribution is 0.0940. The number of hydrogen-bond donors (Lipinski definition) is 4. The summed E-state index contributed by atoms with van der Waals surface area (Å²) in [6.07, 6.45) is 1.76. The van der Waals surface area contributed by atoms with Crippen molar-refractivity contribution in [2.45, 2.75) is 19.8 Å². The van der Waals surface area contributed by atoms with E-state index in [1.807, 2.05) is 6.92 Å². The van der Waals surface area contributed by atoms with Crippen LogP contribution in [-0.2, 0) is 0 Å². The molecule has 0 aliphatic rings. The first kappa shape index (κ1) is 14.3. The van der Waals surface area contributed by atoms with Crippen molar-refractivity contribution in [3.63, 3.8) is 0 Å². The van der Waals surface area contributed by atoms with Crippen molar-refractivity contribution in [1.82, 2.24) is 5.32 Å². The minimum Gasteiger partial charge on any atom is -0.507 e. The summed E-state index contributed by atoms with van der Waals surface area (Å²) in [4.78, 5) is 11.8. The summed E-state index contributed by atoms with van der Waals surface area (Å²) in [6.45, 7) is 3.10. The molecule has 0 aliphatic carbocycles. The van der Waals surface area contributed by atoms with Gasteiger partial charge < -0.3 is 21.3 Å². The van der Waals surface area contributed by atoms with Gasteiger partial charge in [-0.3, -0.25) is 4.79 Å². The molecule has 5 nitrogen and oxygen atoms in total. The average molecular weight is 252 g/mol. The molecule has 100 valence electrons. The zero-order chi connectivity index (χ0) is 13.5.